The Morgan fingerprint density at radius 1 is 1.20 bits per heavy atom. The molecule has 2 nitrogen and oxygen atoms in total. The Hall–Kier alpha value is -0.700. The van der Waals surface area contributed by atoms with Crippen molar-refractivity contribution in [2.24, 2.45) is 0 Å². The lowest BCUT2D eigenvalue weighted by Gasteiger charge is -2.04. The number of alkyl halides is 1. The van der Waals surface area contributed by atoms with Crippen LogP contribution in [0.4, 0.5) is 0 Å². The summed E-state index contributed by atoms with van der Waals surface area (Å²) in [6.45, 7) is 0. The molecule has 0 amide bonds. The maximum atomic E-state index is 6.03. The average molecular weight is 263 g/mol. The zero-order valence-corrected chi connectivity index (χ0v) is 9.77. The van der Waals surface area contributed by atoms with Gasteiger partial charge in [-0.1, -0.05) is 29.3 Å². The van der Waals surface area contributed by atoms with Crippen molar-refractivity contribution in [1.82, 2.24) is 4.98 Å². The standard InChI is InChI=1S/C10H6Cl3NO/c11-4-8-10(15-5-14-8)9-6(12)2-1-3-7(9)13/h1-3,5H,4H2. The van der Waals surface area contributed by atoms with E-state index in [1.807, 2.05) is 0 Å². The van der Waals surface area contributed by atoms with Crippen molar-refractivity contribution in [3.8, 4) is 11.3 Å². The van der Waals surface area contributed by atoms with Crippen LogP contribution < -0.4 is 0 Å². The highest BCUT2D eigenvalue weighted by molar-refractivity contribution is 6.39. The van der Waals surface area contributed by atoms with Crippen molar-refractivity contribution >= 4 is 34.8 Å². The molecule has 1 aromatic carbocycles. The molecule has 0 saturated heterocycles. The Morgan fingerprint density at radius 3 is 2.47 bits per heavy atom. The van der Waals surface area contributed by atoms with Gasteiger partial charge >= 0.3 is 0 Å². The molecule has 15 heavy (non-hydrogen) atoms. The quantitative estimate of drug-likeness (QED) is 0.750. The maximum Gasteiger partial charge on any atom is 0.181 e. The minimum atomic E-state index is 0.257. The third kappa shape index (κ3) is 1.98. The molecule has 78 valence electrons. The minimum Gasteiger partial charge on any atom is -0.443 e. The number of nitrogens with zero attached hydrogens (tertiary/aromatic N) is 1. The van der Waals surface area contributed by atoms with Crippen molar-refractivity contribution in [3.63, 3.8) is 0 Å². The van der Waals surface area contributed by atoms with Crippen LogP contribution in [-0.2, 0) is 5.88 Å². The van der Waals surface area contributed by atoms with Gasteiger partial charge in [0.25, 0.3) is 0 Å². The molecule has 0 aliphatic heterocycles. The Balaban J connectivity index is 2.63. The van der Waals surface area contributed by atoms with Crippen LogP contribution in [0.3, 0.4) is 0 Å². The number of benzene rings is 1. The molecule has 0 saturated carbocycles. The number of hydrogen-bond donors (Lipinski definition) is 0. The molecule has 2 aromatic rings. The fraction of sp³-hybridized carbons (Fsp3) is 0.100. The van der Waals surface area contributed by atoms with E-state index >= 15 is 0 Å². The molecule has 0 unspecified atom stereocenters. The van der Waals surface area contributed by atoms with E-state index in [-0.39, 0.29) is 5.88 Å². The first-order chi connectivity index (χ1) is 7.24. The van der Waals surface area contributed by atoms with Crippen LogP contribution >= 0.6 is 34.8 Å². The Labute approximate surface area is 102 Å². The molecule has 0 spiro atoms. The molecule has 0 bridgehead atoms. The van der Waals surface area contributed by atoms with Crippen molar-refractivity contribution in [3.05, 3.63) is 40.3 Å². The monoisotopic (exact) mass is 261 g/mol. The minimum absolute atomic E-state index is 0.257. The van der Waals surface area contributed by atoms with Crippen molar-refractivity contribution < 1.29 is 4.42 Å². The number of rotatable bonds is 2. The van der Waals surface area contributed by atoms with Gasteiger partial charge in [0.15, 0.2) is 12.2 Å². The smallest absolute Gasteiger partial charge is 0.181 e. The Bertz CT molecular complexity index is 461. The highest BCUT2D eigenvalue weighted by Gasteiger charge is 2.16. The van der Waals surface area contributed by atoms with Gasteiger partial charge in [0.2, 0.25) is 0 Å². The van der Waals surface area contributed by atoms with Gasteiger partial charge in [-0.3, -0.25) is 0 Å². The van der Waals surface area contributed by atoms with Gasteiger partial charge < -0.3 is 4.42 Å². The summed E-state index contributed by atoms with van der Waals surface area (Å²) in [5.41, 5.74) is 1.26. The molecule has 5 heteroatoms. The molecule has 0 aliphatic carbocycles. The van der Waals surface area contributed by atoms with Gasteiger partial charge in [0.05, 0.1) is 21.5 Å². The fourth-order valence-corrected chi connectivity index (χ4v) is 2.04. The van der Waals surface area contributed by atoms with E-state index in [1.54, 1.807) is 18.2 Å². The van der Waals surface area contributed by atoms with Gasteiger partial charge in [-0.2, -0.15) is 0 Å². The van der Waals surface area contributed by atoms with Crippen LogP contribution in [0.15, 0.2) is 29.0 Å². The lowest BCUT2D eigenvalue weighted by molar-refractivity contribution is 0.571. The SMILES string of the molecule is ClCc1ncoc1-c1c(Cl)cccc1Cl. The van der Waals surface area contributed by atoms with Gasteiger partial charge in [-0.25, -0.2) is 4.98 Å². The van der Waals surface area contributed by atoms with Crippen molar-refractivity contribution in [2.75, 3.05) is 0 Å². The van der Waals surface area contributed by atoms with Gasteiger partial charge in [-0.15, -0.1) is 11.6 Å². The van der Waals surface area contributed by atoms with E-state index in [9.17, 15) is 0 Å². The molecule has 0 atom stereocenters. The summed E-state index contributed by atoms with van der Waals surface area (Å²) in [4.78, 5) is 3.98. The molecule has 0 aliphatic rings. The second-order valence-corrected chi connectivity index (χ2v) is 3.94. The maximum absolute atomic E-state index is 6.03. The van der Waals surface area contributed by atoms with Gasteiger partial charge in [0.1, 0.15) is 5.69 Å². The van der Waals surface area contributed by atoms with Crippen molar-refractivity contribution in [1.29, 1.82) is 0 Å². The van der Waals surface area contributed by atoms with E-state index < -0.39 is 0 Å². The lowest BCUT2D eigenvalue weighted by Crippen LogP contribution is -1.85. The van der Waals surface area contributed by atoms with E-state index in [2.05, 4.69) is 4.98 Å². The lowest BCUT2D eigenvalue weighted by atomic mass is 10.1. The Kier molecular flexibility index (Phi) is 3.19. The predicted octanol–water partition coefficient (Wildman–Crippen LogP) is 4.39. The molecular weight excluding hydrogens is 256 g/mol. The summed E-state index contributed by atoms with van der Waals surface area (Å²) in [6, 6.07) is 5.25. The molecule has 1 heterocycles. The first-order valence-corrected chi connectivity index (χ1v) is 5.45. The summed E-state index contributed by atoms with van der Waals surface area (Å²) in [5.74, 6) is 0.786. The number of halogens is 3. The fourth-order valence-electron chi connectivity index (χ4n) is 1.28. The van der Waals surface area contributed by atoms with Crippen LogP contribution in [0.5, 0.6) is 0 Å². The normalized spacial score (nSPS) is 10.6. The zero-order valence-electron chi connectivity index (χ0n) is 7.51. The summed E-state index contributed by atoms with van der Waals surface area (Å²) in [5, 5.41) is 1.04. The van der Waals surface area contributed by atoms with Crippen LogP contribution in [0.25, 0.3) is 11.3 Å². The van der Waals surface area contributed by atoms with Gasteiger partial charge in [-0.05, 0) is 12.1 Å². The second-order valence-electron chi connectivity index (χ2n) is 2.86. The number of aromatic nitrogens is 1. The molecule has 0 N–H and O–H groups in total. The molecule has 0 radical (unpaired) electrons. The second kappa shape index (κ2) is 4.44. The highest BCUT2D eigenvalue weighted by atomic mass is 35.5. The first kappa shape index (κ1) is 10.8. The van der Waals surface area contributed by atoms with Crippen LogP contribution in [0.2, 0.25) is 10.0 Å². The summed E-state index contributed by atoms with van der Waals surface area (Å²) >= 11 is 17.8. The number of hydrogen-bond acceptors (Lipinski definition) is 2. The van der Waals surface area contributed by atoms with Gasteiger partial charge in [0, 0.05) is 0 Å². The topological polar surface area (TPSA) is 26.0 Å². The van der Waals surface area contributed by atoms with Crippen LogP contribution in [0, 0.1) is 0 Å². The summed E-state index contributed by atoms with van der Waals surface area (Å²) < 4.78 is 5.24. The zero-order chi connectivity index (χ0) is 10.8. The van der Waals surface area contributed by atoms with E-state index in [0.29, 0.717) is 27.1 Å². The van der Waals surface area contributed by atoms with Crippen molar-refractivity contribution in [2.45, 2.75) is 5.88 Å². The van der Waals surface area contributed by atoms with E-state index in [1.165, 1.54) is 6.39 Å². The molecular formula is C10H6Cl3NO. The highest BCUT2D eigenvalue weighted by Crippen LogP contribution is 2.36. The molecule has 0 fully saturated rings. The first-order valence-electron chi connectivity index (χ1n) is 4.16. The largest absolute Gasteiger partial charge is 0.443 e. The number of oxazole rings is 1. The predicted molar refractivity (Wildman–Crippen MR) is 61.5 cm³/mol. The average Bonchev–Trinajstić information content (AvgIpc) is 2.65. The third-order valence-corrected chi connectivity index (χ3v) is 2.84. The van der Waals surface area contributed by atoms with Crippen LogP contribution in [-0.4, -0.2) is 4.98 Å². The summed E-state index contributed by atoms with van der Waals surface area (Å²) in [6.07, 6.45) is 1.33. The molecule has 1 aromatic heterocycles. The summed E-state index contributed by atoms with van der Waals surface area (Å²) in [7, 11) is 0. The Morgan fingerprint density at radius 2 is 1.87 bits per heavy atom. The van der Waals surface area contributed by atoms with Crippen LogP contribution in [0.1, 0.15) is 5.69 Å². The van der Waals surface area contributed by atoms with E-state index in [0.717, 1.165) is 0 Å². The van der Waals surface area contributed by atoms with E-state index in [4.69, 9.17) is 39.2 Å². The molecule has 2 rings (SSSR count). The third-order valence-electron chi connectivity index (χ3n) is 1.96.